The van der Waals surface area contributed by atoms with Crippen molar-refractivity contribution in [3.05, 3.63) is 18.2 Å². The fourth-order valence-electron chi connectivity index (χ4n) is 3.01. The SMILES string of the molecule is CN(c1nc2ccc(N)cc2o1)C1CCC(C)(C)CC1. The Morgan fingerprint density at radius 1 is 1.30 bits per heavy atom. The molecule has 2 N–H and O–H groups in total. The Hall–Kier alpha value is -1.71. The number of nitrogens with two attached hydrogens (primary N) is 1. The minimum atomic E-state index is 0.479. The van der Waals surface area contributed by atoms with E-state index in [2.05, 4.69) is 30.8 Å². The van der Waals surface area contributed by atoms with E-state index < -0.39 is 0 Å². The molecule has 2 aromatic rings. The molecule has 4 heteroatoms. The molecular formula is C16H23N3O. The second-order valence-electron chi connectivity index (χ2n) is 6.73. The minimum absolute atomic E-state index is 0.479. The van der Waals surface area contributed by atoms with Gasteiger partial charge in [0, 0.05) is 24.8 Å². The summed E-state index contributed by atoms with van der Waals surface area (Å²) < 4.78 is 5.85. The molecule has 1 saturated carbocycles. The van der Waals surface area contributed by atoms with Crippen molar-refractivity contribution in [2.75, 3.05) is 17.7 Å². The molecule has 0 bridgehead atoms. The lowest BCUT2D eigenvalue weighted by Crippen LogP contribution is -2.37. The van der Waals surface area contributed by atoms with Crippen molar-refractivity contribution in [3.63, 3.8) is 0 Å². The molecule has 0 spiro atoms. The summed E-state index contributed by atoms with van der Waals surface area (Å²) in [5.41, 5.74) is 8.61. The third-order valence-electron chi connectivity index (χ3n) is 4.56. The van der Waals surface area contributed by atoms with Gasteiger partial charge in [0.15, 0.2) is 5.58 Å². The molecule has 0 radical (unpaired) electrons. The van der Waals surface area contributed by atoms with Crippen LogP contribution in [0.5, 0.6) is 0 Å². The van der Waals surface area contributed by atoms with E-state index in [1.54, 1.807) is 0 Å². The summed E-state index contributed by atoms with van der Waals surface area (Å²) in [5, 5.41) is 0. The molecule has 3 rings (SSSR count). The molecule has 0 saturated heterocycles. The lowest BCUT2D eigenvalue weighted by Gasteiger charge is -2.37. The quantitative estimate of drug-likeness (QED) is 0.845. The van der Waals surface area contributed by atoms with Gasteiger partial charge in [0.25, 0.3) is 6.01 Å². The van der Waals surface area contributed by atoms with Gasteiger partial charge in [-0.1, -0.05) is 13.8 Å². The molecule has 1 aliphatic carbocycles. The van der Waals surface area contributed by atoms with Crippen LogP contribution < -0.4 is 10.6 Å². The number of anilines is 2. The Morgan fingerprint density at radius 2 is 2.00 bits per heavy atom. The van der Waals surface area contributed by atoms with Crippen molar-refractivity contribution in [1.82, 2.24) is 4.98 Å². The molecule has 108 valence electrons. The number of hydrogen-bond acceptors (Lipinski definition) is 4. The van der Waals surface area contributed by atoms with Crippen LogP contribution in [0.3, 0.4) is 0 Å². The van der Waals surface area contributed by atoms with Crippen LogP contribution in [0, 0.1) is 5.41 Å². The fourth-order valence-corrected chi connectivity index (χ4v) is 3.01. The van der Waals surface area contributed by atoms with E-state index in [4.69, 9.17) is 10.2 Å². The van der Waals surface area contributed by atoms with Crippen molar-refractivity contribution < 1.29 is 4.42 Å². The van der Waals surface area contributed by atoms with E-state index in [1.165, 1.54) is 25.7 Å². The van der Waals surface area contributed by atoms with Crippen LogP contribution in [0.25, 0.3) is 11.1 Å². The molecule has 0 aliphatic heterocycles. The van der Waals surface area contributed by atoms with Crippen LogP contribution in [-0.2, 0) is 0 Å². The number of oxazole rings is 1. The Labute approximate surface area is 120 Å². The number of nitrogens with zero attached hydrogens (tertiary/aromatic N) is 2. The van der Waals surface area contributed by atoms with E-state index in [9.17, 15) is 0 Å². The van der Waals surface area contributed by atoms with Crippen LogP contribution in [0.15, 0.2) is 22.6 Å². The smallest absolute Gasteiger partial charge is 0.298 e. The Bertz CT molecular complexity index is 607. The summed E-state index contributed by atoms with van der Waals surface area (Å²) in [4.78, 5) is 6.75. The number of rotatable bonds is 2. The maximum Gasteiger partial charge on any atom is 0.298 e. The van der Waals surface area contributed by atoms with Gasteiger partial charge in [-0.05, 0) is 43.2 Å². The Balaban J connectivity index is 1.80. The molecule has 1 heterocycles. The number of aromatic nitrogens is 1. The highest BCUT2D eigenvalue weighted by atomic mass is 16.4. The maximum atomic E-state index is 5.85. The van der Waals surface area contributed by atoms with Gasteiger partial charge in [-0.2, -0.15) is 4.98 Å². The highest BCUT2D eigenvalue weighted by Crippen LogP contribution is 2.38. The summed E-state index contributed by atoms with van der Waals surface area (Å²) in [7, 11) is 2.08. The minimum Gasteiger partial charge on any atom is -0.423 e. The highest BCUT2D eigenvalue weighted by molar-refractivity contribution is 5.78. The average molecular weight is 273 g/mol. The fraction of sp³-hybridized carbons (Fsp3) is 0.562. The van der Waals surface area contributed by atoms with Gasteiger partial charge in [-0.25, -0.2) is 0 Å². The standard InChI is InChI=1S/C16H23N3O/c1-16(2)8-6-12(7-9-16)19(3)15-18-13-5-4-11(17)10-14(13)20-15/h4-5,10,12H,6-9,17H2,1-3H3. The predicted octanol–water partition coefficient (Wildman–Crippen LogP) is 3.82. The Morgan fingerprint density at radius 3 is 2.70 bits per heavy atom. The van der Waals surface area contributed by atoms with Crippen molar-refractivity contribution in [1.29, 1.82) is 0 Å². The van der Waals surface area contributed by atoms with Gasteiger partial charge in [-0.15, -0.1) is 0 Å². The Kier molecular flexibility index (Phi) is 3.11. The van der Waals surface area contributed by atoms with E-state index in [0.29, 0.717) is 23.2 Å². The first-order valence-corrected chi connectivity index (χ1v) is 7.33. The van der Waals surface area contributed by atoms with Crippen molar-refractivity contribution in [2.45, 2.75) is 45.6 Å². The number of benzene rings is 1. The molecule has 0 unspecified atom stereocenters. The summed E-state index contributed by atoms with van der Waals surface area (Å²) in [5.74, 6) is 0. The largest absolute Gasteiger partial charge is 0.423 e. The number of nitrogen functional groups attached to an aromatic ring is 1. The topological polar surface area (TPSA) is 55.3 Å². The van der Waals surface area contributed by atoms with Crippen LogP contribution in [0.1, 0.15) is 39.5 Å². The van der Waals surface area contributed by atoms with E-state index in [1.807, 2.05) is 18.2 Å². The molecule has 1 aromatic carbocycles. The maximum absolute atomic E-state index is 5.85. The lowest BCUT2D eigenvalue weighted by atomic mass is 9.75. The summed E-state index contributed by atoms with van der Waals surface area (Å²) in [6, 6.07) is 6.83. The van der Waals surface area contributed by atoms with Crippen molar-refractivity contribution >= 4 is 22.8 Å². The van der Waals surface area contributed by atoms with Crippen LogP contribution in [0.4, 0.5) is 11.7 Å². The molecule has 1 aliphatic rings. The van der Waals surface area contributed by atoms with Gasteiger partial charge < -0.3 is 15.1 Å². The first-order valence-electron chi connectivity index (χ1n) is 7.33. The second-order valence-corrected chi connectivity index (χ2v) is 6.73. The normalized spacial score (nSPS) is 19.4. The molecule has 0 amide bonds. The van der Waals surface area contributed by atoms with Crippen LogP contribution in [-0.4, -0.2) is 18.1 Å². The lowest BCUT2D eigenvalue weighted by molar-refractivity contribution is 0.220. The van der Waals surface area contributed by atoms with Gasteiger partial charge in [0.05, 0.1) is 0 Å². The monoisotopic (exact) mass is 273 g/mol. The highest BCUT2D eigenvalue weighted by Gasteiger charge is 2.30. The van der Waals surface area contributed by atoms with Gasteiger partial charge in [0.1, 0.15) is 5.52 Å². The zero-order valence-corrected chi connectivity index (χ0v) is 12.5. The first-order chi connectivity index (χ1) is 9.44. The van der Waals surface area contributed by atoms with Crippen LogP contribution >= 0.6 is 0 Å². The van der Waals surface area contributed by atoms with Gasteiger partial charge in [-0.3, -0.25) is 0 Å². The number of hydrogen-bond donors (Lipinski definition) is 1. The van der Waals surface area contributed by atoms with E-state index >= 15 is 0 Å². The molecule has 0 atom stereocenters. The first kappa shape index (κ1) is 13.3. The van der Waals surface area contributed by atoms with Crippen molar-refractivity contribution in [3.8, 4) is 0 Å². The number of fused-ring (bicyclic) bond motifs is 1. The van der Waals surface area contributed by atoms with Gasteiger partial charge in [0.2, 0.25) is 0 Å². The van der Waals surface area contributed by atoms with Gasteiger partial charge >= 0.3 is 0 Å². The summed E-state index contributed by atoms with van der Waals surface area (Å²) in [6.45, 7) is 4.71. The molecule has 4 nitrogen and oxygen atoms in total. The molecule has 1 aromatic heterocycles. The summed E-state index contributed by atoms with van der Waals surface area (Å²) >= 11 is 0. The average Bonchev–Trinajstić information content (AvgIpc) is 2.80. The third-order valence-corrected chi connectivity index (χ3v) is 4.56. The second kappa shape index (κ2) is 4.69. The molecular weight excluding hydrogens is 250 g/mol. The van der Waals surface area contributed by atoms with E-state index in [0.717, 1.165) is 11.1 Å². The van der Waals surface area contributed by atoms with Crippen LogP contribution in [0.2, 0.25) is 0 Å². The zero-order valence-electron chi connectivity index (χ0n) is 12.5. The molecule has 20 heavy (non-hydrogen) atoms. The van der Waals surface area contributed by atoms with Crippen molar-refractivity contribution in [2.24, 2.45) is 5.41 Å². The third kappa shape index (κ3) is 2.47. The van der Waals surface area contributed by atoms with E-state index in [-0.39, 0.29) is 0 Å². The summed E-state index contributed by atoms with van der Waals surface area (Å²) in [6.07, 6.45) is 4.92. The molecule has 1 fully saturated rings. The predicted molar refractivity (Wildman–Crippen MR) is 82.9 cm³/mol. The zero-order chi connectivity index (χ0) is 14.3.